The minimum atomic E-state index is -4.56. The summed E-state index contributed by atoms with van der Waals surface area (Å²) in [7, 11) is 0. The fourth-order valence-corrected chi connectivity index (χ4v) is 4.11. The summed E-state index contributed by atoms with van der Waals surface area (Å²) in [4.78, 5) is 39.2. The predicted molar refractivity (Wildman–Crippen MR) is 104 cm³/mol. The van der Waals surface area contributed by atoms with Crippen molar-refractivity contribution in [2.75, 3.05) is 18.1 Å². The van der Waals surface area contributed by atoms with Gasteiger partial charge in [0.15, 0.2) is 6.61 Å². The third-order valence-corrected chi connectivity index (χ3v) is 5.55. The van der Waals surface area contributed by atoms with Gasteiger partial charge in [0.1, 0.15) is 6.54 Å². The SMILES string of the molecule is Cc1ccc(N2C(=O)C[C@H](C(=O)OCC(=O)NCC(F)(F)F)[C@@H]2c2cccs2)cc1. The normalized spacial score (nSPS) is 19.1. The van der Waals surface area contributed by atoms with Gasteiger partial charge < -0.3 is 15.0 Å². The third-order valence-electron chi connectivity index (χ3n) is 4.60. The molecule has 1 saturated heterocycles. The summed E-state index contributed by atoms with van der Waals surface area (Å²) in [5.41, 5.74) is 1.64. The van der Waals surface area contributed by atoms with Gasteiger partial charge in [0.25, 0.3) is 5.91 Å². The smallest absolute Gasteiger partial charge is 0.405 e. The van der Waals surface area contributed by atoms with Gasteiger partial charge in [-0.15, -0.1) is 11.3 Å². The molecule has 1 aliphatic heterocycles. The van der Waals surface area contributed by atoms with Crippen molar-refractivity contribution in [1.82, 2.24) is 5.32 Å². The van der Waals surface area contributed by atoms with Gasteiger partial charge in [0, 0.05) is 17.0 Å². The molecule has 2 amide bonds. The highest BCUT2D eigenvalue weighted by atomic mass is 32.1. The molecule has 2 aromatic rings. The van der Waals surface area contributed by atoms with Crippen LogP contribution in [0.1, 0.15) is 22.9 Å². The number of anilines is 1. The van der Waals surface area contributed by atoms with Crippen LogP contribution < -0.4 is 10.2 Å². The van der Waals surface area contributed by atoms with Gasteiger partial charge in [-0.2, -0.15) is 13.2 Å². The Morgan fingerprint density at radius 3 is 2.53 bits per heavy atom. The van der Waals surface area contributed by atoms with E-state index in [0.717, 1.165) is 10.4 Å². The zero-order valence-corrected chi connectivity index (χ0v) is 16.8. The summed E-state index contributed by atoms with van der Waals surface area (Å²) >= 11 is 1.37. The zero-order valence-electron chi connectivity index (χ0n) is 15.9. The fourth-order valence-electron chi connectivity index (χ4n) is 3.23. The van der Waals surface area contributed by atoms with E-state index in [0.29, 0.717) is 5.69 Å². The van der Waals surface area contributed by atoms with E-state index in [-0.39, 0.29) is 12.3 Å². The number of ether oxygens (including phenoxy) is 1. The lowest BCUT2D eigenvalue weighted by atomic mass is 9.99. The number of carbonyl (C=O) groups excluding carboxylic acids is 3. The van der Waals surface area contributed by atoms with Crippen molar-refractivity contribution in [2.45, 2.75) is 25.6 Å². The Morgan fingerprint density at radius 1 is 1.23 bits per heavy atom. The molecule has 6 nitrogen and oxygen atoms in total. The molecule has 1 aromatic carbocycles. The zero-order chi connectivity index (χ0) is 21.9. The molecule has 0 saturated carbocycles. The molecule has 0 bridgehead atoms. The van der Waals surface area contributed by atoms with Crippen LogP contribution in [0.25, 0.3) is 0 Å². The molecule has 2 heterocycles. The van der Waals surface area contributed by atoms with Crippen molar-refractivity contribution >= 4 is 34.8 Å². The van der Waals surface area contributed by atoms with Crippen LogP contribution in [0.5, 0.6) is 0 Å². The Balaban J connectivity index is 1.75. The number of alkyl halides is 3. The number of halogens is 3. The Hall–Kier alpha value is -2.88. The summed E-state index contributed by atoms with van der Waals surface area (Å²) in [6, 6.07) is 10.2. The van der Waals surface area contributed by atoms with Gasteiger partial charge in [-0.3, -0.25) is 14.4 Å². The van der Waals surface area contributed by atoms with Crippen LogP contribution in [0, 0.1) is 12.8 Å². The number of aryl methyl sites for hydroxylation is 1. The highest BCUT2D eigenvalue weighted by Crippen LogP contribution is 2.43. The first-order valence-corrected chi connectivity index (χ1v) is 9.96. The third kappa shape index (κ3) is 5.18. The Labute approximate surface area is 174 Å². The van der Waals surface area contributed by atoms with Gasteiger partial charge >= 0.3 is 12.1 Å². The maximum Gasteiger partial charge on any atom is 0.405 e. The lowest BCUT2D eigenvalue weighted by Gasteiger charge is -2.27. The average molecular weight is 440 g/mol. The first kappa shape index (κ1) is 21.8. The molecule has 1 aliphatic rings. The molecule has 0 unspecified atom stereocenters. The maximum absolute atomic E-state index is 12.7. The molecular weight excluding hydrogens is 421 g/mol. The highest BCUT2D eigenvalue weighted by Gasteiger charge is 2.46. The van der Waals surface area contributed by atoms with Gasteiger partial charge in [0.05, 0.1) is 12.0 Å². The van der Waals surface area contributed by atoms with Crippen LogP contribution in [0.3, 0.4) is 0 Å². The Morgan fingerprint density at radius 2 is 1.93 bits per heavy atom. The first-order valence-electron chi connectivity index (χ1n) is 9.08. The van der Waals surface area contributed by atoms with E-state index < -0.39 is 43.2 Å². The Bertz CT molecular complexity index is 913. The summed E-state index contributed by atoms with van der Waals surface area (Å²) < 4.78 is 41.5. The maximum atomic E-state index is 12.7. The number of nitrogens with zero attached hydrogens (tertiary/aromatic N) is 1. The monoisotopic (exact) mass is 440 g/mol. The molecule has 0 spiro atoms. The molecule has 0 aliphatic carbocycles. The summed E-state index contributed by atoms with van der Waals surface area (Å²) in [5.74, 6) is -3.03. The number of hydrogen-bond acceptors (Lipinski definition) is 5. The molecule has 10 heteroatoms. The molecule has 1 aromatic heterocycles. The molecule has 1 N–H and O–H groups in total. The topological polar surface area (TPSA) is 75.7 Å². The van der Waals surface area contributed by atoms with E-state index in [1.807, 2.05) is 24.4 Å². The first-order chi connectivity index (χ1) is 14.2. The molecule has 160 valence electrons. The van der Waals surface area contributed by atoms with Crippen LogP contribution in [0.2, 0.25) is 0 Å². The van der Waals surface area contributed by atoms with Crippen LogP contribution in [0.4, 0.5) is 18.9 Å². The van der Waals surface area contributed by atoms with Crippen molar-refractivity contribution in [2.24, 2.45) is 5.92 Å². The number of nitrogens with one attached hydrogen (secondary N) is 1. The molecule has 2 atom stereocenters. The summed E-state index contributed by atoms with van der Waals surface area (Å²) in [5, 5.41) is 3.46. The minimum Gasteiger partial charge on any atom is -0.455 e. The number of esters is 1. The fraction of sp³-hybridized carbons (Fsp3) is 0.350. The Kier molecular flexibility index (Phi) is 6.45. The summed E-state index contributed by atoms with van der Waals surface area (Å²) in [6.07, 6.45) is -4.68. The number of amides is 2. The lowest BCUT2D eigenvalue weighted by molar-refractivity contribution is -0.155. The van der Waals surface area contributed by atoms with Crippen LogP contribution in [0.15, 0.2) is 41.8 Å². The average Bonchev–Trinajstić information content (AvgIpc) is 3.32. The van der Waals surface area contributed by atoms with Gasteiger partial charge in [-0.1, -0.05) is 23.8 Å². The van der Waals surface area contributed by atoms with E-state index in [1.165, 1.54) is 16.2 Å². The number of carbonyl (C=O) groups is 3. The van der Waals surface area contributed by atoms with Crippen molar-refractivity contribution < 1.29 is 32.3 Å². The van der Waals surface area contributed by atoms with Gasteiger partial charge in [0.2, 0.25) is 5.91 Å². The van der Waals surface area contributed by atoms with Gasteiger partial charge in [-0.05, 0) is 30.5 Å². The summed E-state index contributed by atoms with van der Waals surface area (Å²) in [6.45, 7) is -0.443. The predicted octanol–water partition coefficient (Wildman–Crippen LogP) is 3.37. The standard InChI is InChI=1S/C20H19F3N2O4S/c1-12-4-6-13(7-5-12)25-17(27)9-14(18(25)15-3-2-8-30-15)19(28)29-10-16(26)24-11-20(21,22)23/h2-8,14,18H,9-11H2,1H3,(H,24,26)/t14-,18+/m0/s1. The molecular formula is C20H19F3N2O4S. The second-order valence-electron chi connectivity index (χ2n) is 6.87. The van der Waals surface area contributed by atoms with E-state index in [2.05, 4.69) is 0 Å². The van der Waals surface area contributed by atoms with Crippen molar-refractivity contribution in [3.05, 3.63) is 52.2 Å². The number of benzene rings is 1. The molecule has 3 rings (SSSR count). The number of thiophene rings is 1. The van der Waals surface area contributed by atoms with Crippen molar-refractivity contribution in [3.63, 3.8) is 0 Å². The minimum absolute atomic E-state index is 0.126. The molecule has 0 radical (unpaired) electrons. The van der Waals surface area contributed by atoms with Crippen LogP contribution in [-0.2, 0) is 19.1 Å². The highest BCUT2D eigenvalue weighted by molar-refractivity contribution is 7.10. The molecule has 30 heavy (non-hydrogen) atoms. The second-order valence-corrected chi connectivity index (χ2v) is 7.85. The van der Waals surface area contributed by atoms with Gasteiger partial charge in [-0.25, -0.2) is 0 Å². The van der Waals surface area contributed by atoms with E-state index in [4.69, 9.17) is 4.74 Å². The molecule has 1 fully saturated rings. The second kappa shape index (κ2) is 8.86. The van der Waals surface area contributed by atoms with E-state index in [1.54, 1.807) is 29.6 Å². The lowest BCUT2D eigenvalue weighted by Crippen LogP contribution is -2.37. The van der Waals surface area contributed by atoms with E-state index in [9.17, 15) is 27.6 Å². The number of rotatable bonds is 6. The van der Waals surface area contributed by atoms with Crippen molar-refractivity contribution in [1.29, 1.82) is 0 Å². The van der Waals surface area contributed by atoms with E-state index >= 15 is 0 Å². The largest absolute Gasteiger partial charge is 0.455 e. The van der Waals surface area contributed by atoms with Crippen LogP contribution in [-0.4, -0.2) is 37.1 Å². The quantitative estimate of drug-likeness (QED) is 0.699. The van der Waals surface area contributed by atoms with Crippen molar-refractivity contribution in [3.8, 4) is 0 Å². The number of hydrogen-bond donors (Lipinski definition) is 1. The van der Waals surface area contributed by atoms with Crippen LogP contribution >= 0.6 is 11.3 Å².